The number of esters is 1. The summed E-state index contributed by atoms with van der Waals surface area (Å²) in [4.78, 5) is 46.4. The number of nitrogens with one attached hydrogen (secondary N) is 2. The predicted octanol–water partition coefficient (Wildman–Crippen LogP) is 2.42. The Bertz CT molecular complexity index is 911. The lowest BCUT2D eigenvalue weighted by atomic mass is 10.1. The Hall–Kier alpha value is -3.26. The van der Waals surface area contributed by atoms with Gasteiger partial charge in [0, 0.05) is 4.47 Å². The molecule has 1 aliphatic heterocycles. The van der Waals surface area contributed by atoms with Crippen molar-refractivity contribution in [1.29, 1.82) is 0 Å². The third-order valence-corrected chi connectivity index (χ3v) is 3.95. The fourth-order valence-electron chi connectivity index (χ4n) is 2.16. The first-order valence-corrected chi connectivity index (χ1v) is 8.18. The average Bonchev–Trinajstić information content (AvgIpc) is 2.60. The van der Waals surface area contributed by atoms with Gasteiger partial charge in [-0.2, -0.15) is 0 Å². The number of benzene rings is 2. The summed E-state index contributed by atoms with van der Waals surface area (Å²) in [6, 6.07) is 12.1. The van der Waals surface area contributed by atoms with Crippen molar-refractivity contribution in [1.82, 2.24) is 10.6 Å². The molecule has 2 aromatic rings. The maximum Gasteiger partial charge on any atom is 0.343 e. The fraction of sp³-hybridized carbons (Fsp3) is 0. The topological polar surface area (TPSA) is 102 Å². The van der Waals surface area contributed by atoms with Crippen LogP contribution in [0.1, 0.15) is 15.9 Å². The van der Waals surface area contributed by atoms with Crippen molar-refractivity contribution in [3.05, 3.63) is 69.7 Å². The summed E-state index contributed by atoms with van der Waals surface area (Å²) in [6.07, 6.45) is 1.33. The summed E-state index contributed by atoms with van der Waals surface area (Å²) >= 11 is 3.29. The molecule has 130 valence electrons. The number of hydrogen-bond acceptors (Lipinski definition) is 5. The van der Waals surface area contributed by atoms with Gasteiger partial charge in [0.2, 0.25) is 0 Å². The van der Waals surface area contributed by atoms with Crippen molar-refractivity contribution in [3.8, 4) is 5.75 Å². The van der Waals surface area contributed by atoms with E-state index in [2.05, 4.69) is 15.9 Å². The second-order valence-electron chi connectivity index (χ2n) is 5.26. The van der Waals surface area contributed by atoms with Crippen LogP contribution >= 0.6 is 15.9 Å². The molecule has 2 aromatic carbocycles. The number of carbonyl (C=O) groups is 4. The highest BCUT2D eigenvalue weighted by Gasteiger charge is 2.27. The van der Waals surface area contributed by atoms with E-state index in [0.29, 0.717) is 16.9 Å². The van der Waals surface area contributed by atoms with E-state index in [-0.39, 0.29) is 5.57 Å². The normalized spacial score (nSPS) is 13.7. The highest BCUT2D eigenvalue weighted by Crippen LogP contribution is 2.18. The van der Waals surface area contributed by atoms with Gasteiger partial charge >= 0.3 is 12.0 Å². The Kier molecular flexibility index (Phi) is 4.94. The molecule has 3 rings (SSSR count). The first-order chi connectivity index (χ1) is 12.4. The minimum atomic E-state index is -0.854. The number of hydrogen-bond donors (Lipinski definition) is 2. The molecule has 0 aliphatic carbocycles. The number of halogens is 1. The Balaban J connectivity index is 1.72. The average molecular weight is 415 g/mol. The third kappa shape index (κ3) is 4.04. The number of carbonyl (C=O) groups excluding carboxylic acids is 4. The molecule has 0 spiro atoms. The van der Waals surface area contributed by atoms with E-state index in [0.717, 1.165) is 4.47 Å². The van der Waals surface area contributed by atoms with Gasteiger partial charge in [0.1, 0.15) is 11.3 Å². The second-order valence-corrected chi connectivity index (χ2v) is 6.18. The zero-order valence-corrected chi connectivity index (χ0v) is 14.7. The number of imide groups is 2. The van der Waals surface area contributed by atoms with Crippen LogP contribution in [0.15, 0.2) is 58.6 Å². The molecule has 7 nitrogen and oxygen atoms in total. The van der Waals surface area contributed by atoms with E-state index >= 15 is 0 Å². The molecule has 8 heteroatoms. The first kappa shape index (κ1) is 17.6. The largest absolute Gasteiger partial charge is 0.423 e. The van der Waals surface area contributed by atoms with E-state index in [4.69, 9.17) is 4.74 Å². The highest BCUT2D eigenvalue weighted by molar-refractivity contribution is 9.10. The van der Waals surface area contributed by atoms with Crippen LogP contribution in [0.25, 0.3) is 6.08 Å². The number of ether oxygens (including phenoxy) is 1. The summed E-state index contributed by atoms with van der Waals surface area (Å²) in [5.41, 5.74) is 0.743. The molecule has 1 fully saturated rings. The molecule has 1 aliphatic rings. The van der Waals surface area contributed by atoms with Crippen molar-refractivity contribution in [2.45, 2.75) is 0 Å². The molecule has 26 heavy (non-hydrogen) atoms. The van der Waals surface area contributed by atoms with Crippen LogP contribution in [-0.2, 0) is 9.59 Å². The van der Waals surface area contributed by atoms with Gasteiger partial charge in [-0.25, -0.2) is 9.59 Å². The van der Waals surface area contributed by atoms with E-state index in [1.807, 2.05) is 10.6 Å². The summed E-state index contributed by atoms with van der Waals surface area (Å²) in [5.74, 6) is -1.74. The fourth-order valence-corrected chi connectivity index (χ4v) is 2.42. The predicted molar refractivity (Wildman–Crippen MR) is 95.2 cm³/mol. The van der Waals surface area contributed by atoms with Gasteiger partial charge in [0.05, 0.1) is 5.56 Å². The van der Waals surface area contributed by atoms with Crippen LogP contribution in [-0.4, -0.2) is 23.8 Å². The molecular formula is C18H11BrN2O5. The summed E-state index contributed by atoms with van der Waals surface area (Å²) in [6.45, 7) is 0. The van der Waals surface area contributed by atoms with Gasteiger partial charge < -0.3 is 4.74 Å². The molecule has 2 N–H and O–H groups in total. The van der Waals surface area contributed by atoms with E-state index in [9.17, 15) is 19.2 Å². The minimum absolute atomic E-state index is 0.191. The Morgan fingerprint density at radius 1 is 0.885 bits per heavy atom. The van der Waals surface area contributed by atoms with Crippen molar-refractivity contribution < 1.29 is 23.9 Å². The lowest BCUT2D eigenvalue weighted by molar-refractivity contribution is -0.123. The number of amides is 4. The molecule has 0 bridgehead atoms. The van der Waals surface area contributed by atoms with Gasteiger partial charge in [-0.3, -0.25) is 20.2 Å². The minimum Gasteiger partial charge on any atom is -0.423 e. The Morgan fingerprint density at radius 2 is 1.46 bits per heavy atom. The maximum atomic E-state index is 12.1. The molecule has 0 aromatic heterocycles. The monoisotopic (exact) mass is 414 g/mol. The van der Waals surface area contributed by atoms with Gasteiger partial charge in [0.15, 0.2) is 0 Å². The molecule has 0 radical (unpaired) electrons. The van der Waals surface area contributed by atoms with Crippen LogP contribution in [0, 0.1) is 0 Å². The van der Waals surface area contributed by atoms with E-state index in [1.165, 1.54) is 18.2 Å². The lowest BCUT2D eigenvalue weighted by Gasteiger charge is -2.13. The van der Waals surface area contributed by atoms with Crippen LogP contribution < -0.4 is 15.4 Å². The zero-order chi connectivity index (χ0) is 18.7. The molecule has 0 unspecified atom stereocenters. The highest BCUT2D eigenvalue weighted by atomic mass is 79.9. The molecule has 0 atom stereocenters. The SMILES string of the molecule is O=C1NC(=O)C(=Cc2ccc(OC(=O)c3ccc(Br)cc3)cc2)C(=O)N1. The van der Waals surface area contributed by atoms with Gasteiger partial charge in [-0.1, -0.05) is 28.1 Å². The first-order valence-electron chi connectivity index (χ1n) is 7.38. The van der Waals surface area contributed by atoms with Crippen LogP contribution in [0.4, 0.5) is 4.79 Å². The molecule has 1 saturated heterocycles. The zero-order valence-electron chi connectivity index (χ0n) is 13.1. The maximum absolute atomic E-state index is 12.1. The van der Waals surface area contributed by atoms with Gasteiger partial charge in [-0.15, -0.1) is 0 Å². The molecule has 1 heterocycles. The summed E-state index contributed by atoms with van der Waals surface area (Å²) in [7, 11) is 0. The Morgan fingerprint density at radius 3 is 2.04 bits per heavy atom. The van der Waals surface area contributed by atoms with Gasteiger partial charge in [-0.05, 0) is 48.0 Å². The van der Waals surface area contributed by atoms with Crippen molar-refractivity contribution >= 4 is 45.8 Å². The smallest absolute Gasteiger partial charge is 0.343 e. The molecular weight excluding hydrogens is 404 g/mol. The van der Waals surface area contributed by atoms with Crippen LogP contribution in [0.5, 0.6) is 5.75 Å². The molecule has 0 saturated carbocycles. The van der Waals surface area contributed by atoms with Crippen LogP contribution in [0.2, 0.25) is 0 Å². The molecule has 4 amide bonds. The van der Waals surface area contributed by atoms with Gasteiger partial charge in [0.25, 0.3) is 11.8 Å². The van der Waals surface area contributed by atoms with Crippen molar-refractivity contribution in [2.75, 3.05) is 0 Å². The second kappa shape index (κ2) is 7.32. The summed E-state index contributed by atoms with van der Waals surface area (Å²) in [5, 5.41) is 3.98. The summed E-state index contributed by atoms with van der Waals surface area (Å²) < 4.78 is 6.11. The third-order valence-electron chi connectivity index (χ3n) is 3.42. The number of barbiturate groups is 1. The van der Waals surface area contributed by atoms with E-state index in [1.54, 1.807) is 36.4 Å². The number of rotatable bonds is 3. The number of urea groups is 1. The van der Waals surface area contributed by atoms with Crippen LogP contribution in [0.3, 0.4) is 0 Å². The Labute approximate surface area is 156 Å². The lowest BCUT2D eigenvalue weighted by Crippen LogP contribution is -2.51. The van der Waals surface area contributed by atoms with E-state index < -0.39 is 23.8 Å². The van der Waals surface area contributed by atoms with Crippen molar-refractivity contribution in [2.24, 2.45) is 0 Å². The standard InChI is InChI=1S/C18H11BrN2O5/c19-12-5-3-11(4-6-12)17(24)26-13-7-1-10(2-8-13)9-14-15(22)20-18(25)21-16(14)23/h1-9H,(H2,20,21,22,23,25). The quantitative estimate of drug-likeness (QED) is 0.347. The van der Waals surface area contributed by atoms with Crippen molar-refractivity contribution in [3.63, 3.8) is 0 Å².